The summed E-state index contributed by atoms with van der Waals surface area (Å²) < 4.78 is 23.9. The molecular formula is C21H17FN2O4S. The highest BCUT2D eigenvalue weighted by Crippen LogP contribution is 2.42. The number of ether oxygens (including phenoxy) is 1. The van der Waals surface area contributed by atoms with Gasteiger partial charge in [0.25, 0.3) is 11.8 Å². The largest absolute Gasteiger partial charge is 0.472 e. The Hall–Kier alpha value is -3.10. The van der Waals surface area contributed by atoms with E-state index in [0.717, 1.165) is 4.90 Å². The highest BCUT2D eigenvalue weighted by Gasteiger charge is 2.28. The van der Waals surface area contributed by atoms with Gasteiger partial charge in [-0.1, -0.05) is 11.8 Å². The average Bonchev–Trinajstić information content (AvgIpc) is 3.22. The summed E-state index contributed by atoms with van der Waals surface area (Å²) in [6.45, 7) is 0.652. The summed E-state index contributed by atoms with van der Waals surface area (Å²) >= 11 is 1.35. The Bertz CT molecular complexity index is 1070. The lowest BCUT2D eigenvalue weighted by atomic mass is 10.1. The molecule has 148 valence electrons. The Morgan fingerprint density at radius 1 is 1.21 bits per heavy atom. The maximum Gasteiger partial charge on any atom is 0.259 e. The number of rotatable bonds is 5. The summed E-state index contributed by atoms with van der Waals surface area (Å²) in [5.41, 5.74) is 1.96. The van der Waals surface area contributed by atoms with Crippen molar-refractivity contribution in [2.75, 3.05) is 30.5 Å². The predicted octanol–water partition coefficient (Wildman–Crippen LogP) is 4.43. The molecule has 3 aromatic rings. The van der Waals surface area contributed by atoms with E-state index in [1.165, 1.54) is 36.4 Å². The molecule has 2 amide bonds. The van der Waals surface area contributed by atoms with Crippen LogP contribution in [0.5, 0.6) is 0 Å². The van der Waals surface area contributed by atoms with Gasteiger partial charge in [0.1, 0.15) is 12.1 Å². The molecule has 1 aliphatic rings. The molecule has 0 aliphatic carbocycles. The topological polar surface area (TPSA) is 71.8 Å². The summed E-state index contributed by atoms with van der Waals surface area (Å²) in [7, 11) is 1.56. The van der Waals surface area contributed by atoms with E-state index in [9.17, 15) is 14.0 Å². The summed E-state index contributed by atoms with van der Waals surface area (Å²) in [6, 6.07) is 11.0. The van der Waals surface area contributed by atoms with Crippen LogP contribution < -0.4 is 10.2 Å². The van der Waals surface area contributed by atoms with Crippen LogP contribution in [0.1, 0.15) is 20.7 Å². The van der Waals surface area contributed by atoms with Crippen LogP contribution in [0.25, 0.3) is 0 Å². The number of nitrogens with zero attached hydrogens (tertiary/aromatic N) is 1. The fourth-order valence-corrected chi connectivity index (χ4v) is 4.13. The molecule has 4 rings (SSSR count). The molecule has 6 nitrogen and oxygen atoms in total. The van der Waals surface area contributed by atoms with Gasteiger partial charge in [0.05, 0.1) is 29.7 Å². The number of amides is 2. The summed E-state index contributed by atoms with van der Waals surface area (Å²) in [5.74, 6) is -1.06. The van der Waals surface area contributed by atoms with E-state index in [4.69, 9.17) is 9.15 Å². The molecule has 0 saturated carbocycles. The van der Waals surface area contributed by atoms with E-state index in [0.29, 0.717) is 40.5 Å². The third-order valence-electron chi connectivity index (χ3n) is 4.45. The van der Waals surface area contributed by atoms with Crippen molar-refractivity contribution in [2.24, 2.45) is 0 Å². The standard InChI is InChI=1S/C21H17FN2O4S/c1-27-9-7-24-17-4-3-15(23-20(25)13-6-8-28-12-13)11-19(17)29-18-5-2-14(22)10-16(18)21(24)26/h2-6,8,10-12H,7,9H2,1H3,(H,23,25). The van der Waals surface area contributed by atoms with E-state index in [1.54, 1.807) is 42.3 Å². The Kier molecular flexibility index (Phi) is 5.37. The number of benzene rings is 2. The smallest absolute Gasteiger partial charge is 0.259 e. The lowest BCUT2D eigenvalue weighted by molar-refractivity contribution is 0.0971. The second-order valence-corrected chi connectivity index (χ2v) is 7.42. The minimum atomic E-state index is -0.469. The first-order valence-electron chi connectivity index (χ1n) is 8.82. The first-order valence-corrected chi connectivity index (χ1v) is 9.64. The molecule has 0 unspecified atom stereocenters. The van der Waals surface area contributed by atoms with Crippen molar-refractivity contribution >= 4 is 35.0 Å². The van der Waals surface area contributed by atoms with Crippen LogP contribution in [0.3, 0.4) is 0 Å². The van der Waals surface area contributed by atoms with Gasteiger partial charge in [0.15, 0.2) is 0 Å². The number of fused-ring (bicyclic) bond motifs is 2. The zero-order chi connectivity index (χ0) is 20.4. The maximum atomic E-state index is 13.8. The molecule has 0 bridgehead atoms. The van der Waals surface area contributed by atoms with Crippen molar-refractivity contribution in [3.05, 3.63) is 71.9 Å². The van der Waals surface area contributed by atoms with Crippen molar-refractivity contribution in [3.8, 4) is 0 Å². The summed E-state index contributed by atoms with van der Waals surface area (Å²) in [6.07, 6.45) is 2.79. The van der Waals surface area contributed by atoms with Gasteiger partial charge in [-0.15, -0.1) is 0 Å². The number of hydrogen-bond acceptors (Lipinski definition) is 5. The van der Waals surface area contributed by atoms with Gasteiger partial charge in [0, 0.05) is 29.1 Å². The molecular weight excluding hydrogens is 395 g/mol. The first kappa shape index (κ1) is 19.2. The van der Waals surface area contributed by atoms with Gasteiger partial charge >= 0.3 is 0 Å². The van der Waals surface area contributed by atoms with Crippen LogP contribution in [0.15, 0.2) is 69.2 Å². The molecule has 0 saturated heterocycles. The Balaban J connectivity index is 1.72. The van der Waals surface area contributed by atoms with E-state index in [2.05, 4.69) is 5.32 Å². The van der Waals surface area contributed by atoms with Gasteiger partial charge in [-0.25, -0.2) is 4.39 Å². The van der Waals surface area contributed by atoms with Gasteiger partial charge in [-0.2, -0.15) is 0 Å². The zero-order valence-electron chi connectivity index (χ0n) is 15.5. The van der Waals surface area contributed by atoms with Crippen LogP contribution in [-0.2, 0) is 4.74 Å². The predicted molar refractivity (Wildman–Crippen MR) is 107 cm³/mol. The Morgan fingerprint density at radius 2 is 2.07 bits per heavy atom. The number of anilines is 2. The van der Waals surface area contributed by atoms with E-state index in [1.807, 2.05) is 0 Å². The molecule has 1 N–H and O–H groups in total. The van der Waals surface area contributed by atoms with Crippen molar-refractivity contribution in [1.82, 2.24) is 0 Å². The maximum absolute atomic E-state index is 13.8. The molecule has 8 heteroatoms. The second-order valence-electron chi connectivity index (χ2n) is 6.34. The van der Waals surface area contributed by atoms with Crippen LogP contribution in [0.2, 0.25) is 0 Å². The quantitative estimate of drug-likeness (QED) is 0.671. The Morgan fingerprint density at radius 3 is 2.83 bits per heavy atom. The summed E-state index contributed by atoms with van der Waals surface area (Å²) in [4.78, 5) is 28.4. The van der Waals surface area contributed by atoms with Gasteiger partial charge < -0.3 is 19.4 Å². The van der Waals surface area contributed by atoms with Crippen LogP contribution in [-0.4, -0.2) is 32.1 Å². The number of furan rings is 1. The molecule has 2 heterocycles. The van der Waals surface area contributed by atoms with E-state index < -0.39 is 5.82 Å². The van der Waals surface area contributed by atoms with Crippen molar-refractivity contribution in [2.45, 2.75) is 9.79 Å². The van der Waals surface area contributed by atoms with Gasteiger partial charge in [-0.3, -0.25) is 9.59 Å². The molecule has 2 aromatic carbocycles. The van der Waals surface area contributed by atoms with Gasteiger partial charge in [-0.05, 0) is 42.5 Å². The molecule has 1 aliphatic heterocycles. The highest BCUT2D eigenvalue weighted by molar-refractivity contribution is 7.99. The molecule has 0 radical (unpaired) electrons. The molecule has 0 atom stereocenters. The minimum absolute atomic E-state index is 0.294. The third-order valence-corrected chi connectivity index (χ3v) is 5.57. The molecule has 29 heavy (non-hydrogen) atoms. The fraction of sp³-hybridized carbons (Fsp3) is 0.143. The first-order chi connectivity index (χ1) is 14.1. The van der Waals surface area contributed by atoms with Crippen LogP contribution >= 0.6 is 11.8 Å². The number of methoxy groups -OCH3 is 1. The number of halogens is 1. The molecule has 1 aromatic heterocycles. The van der Waals surface area contributed by atoms with Crippen molar-refractivity contribution in [1.29, 1.82) is 0 Å². The lowest BCUT2D eigenvalue weighted by Crippen LogP contribution is -2.34. The van der Waals surface area contributed by atoms with Crippen LogP contribution in [0.4, 0.5) is 15.8 Å². The highest BCUT2D eigenvalue weighted by atomic mass is 32.2. The van der Waals surface area contributed by atoms with E-state index >= 15 is 0 Å². The van der Waals surface area contributed by atoms with Crippen LogP contribution in [0, 0.1) is 5.82 Å². The second kappa shape index (κ2) is 8.10. The lowest BCUT2D eigenvalue weighted by Gasteiger charge is -2.23. The fourth-order valence-electron chi connectivity index (χ4n) is 3.03. The Labute approximate surface area is 170 Å². The normalized spacial score (nSPS) is 12.9. The van der Waals surface area contributed by atoms with Crippen molar-refractivity contribution < 1.29 is 23.1 Å². The monoisotopic (exact) mass is 412 g/mol. The SMILES string of the molecule is COCCN1C(=O)c2cc(F)ccc2Sc2cc(NC(=O)c3ccoc3)ccc21. The molecule has 0 spiro atoms. The number of carbonyl (C=O) groups is 2. The number of hydrogen-bond donors (Lipinski definition) is 1. The zero-order valence-corrected chi connectivity index (χ0v) is 16.3. The number of carbonyl (C=O) groups excluding carboxylic acids is 2. The third kappa shape index (κ3) is 3.90. The number of nitrogens with one attached hydrogen (secondary N) is 1. The average molecular weight is 412 g/mol. The minimum Gasteiger partial charge on any atom is -0.472 e. The van der Waals surface area contributed by atoms with E-state index in [-0.39, 0.29) is 11.8 Å². The van der Waals surface area contributed by atoms with Gasteiger partial charge in [0.2, 0.25) is 0 Å². The summed E-state index contributed by atoms with van der Waals surface area (Å²) in [5, 5.41) is 2.82. The van der Waals surface area contributed by atoms with Crippen molar-refractivity contribution in [3.63, 3.8) is 0 Å². The molecule has 0 fully saturated rings.